The maximum absolute atomic E-state index is 12.6. The van der Waals surface area contributed by atoms with Gasteiger partial charge in [0.25, 0.3) is 0 Å². The first kappa shape index (κ1) is 28.4. The van der Waals surface area contributed by atoms with Crippen molar-refractivity contribution in [3.63, 3.8) is 0 Å². The lowest BCUT2D eigenvalue weighted by Gasteiger charge is -2.25. The van der Waals surface area contributed by atoms with Crippen molar-refractivity contribution in [2.75, 3.05) is 20.8 Å². The van der Waals surface area contributed by atoms with Crippen LogP contribution in [-0.2, 0) is 21.0 Å². The summed E-state index contributed by atoms with van der Waals surface area (Å²) in [5, 5.41) is 4.10. The van der Waals surface area contributed by atoms with E-state index in [0.29, 0.717) is 25.3 Å². The van der Waals surface area contributed by atoms with Gasteiger partial charge in [-0.2, -0.15) is 0 Å². The number of esters is 1. The predicted molar refractivity (Wildman–Crippen MR) is 157 cm³/mol. The van der Waals surface area contributed by atoms with Gasteiger partial charge in [0.2, 0.25) is 0 Å². The largest absolute Gasteiger partial charge is 0.489 e. The van der Waals surface area contributed by atoms with Gasteiger partial charge in [-0.1, -0.05) is 97.0 Å². The summed E-state index contributed by atoms with van der Waals surface area (Å²) < 4.78 is 17.1. The van der Waals surface area contributed by atoms with Crippen LogP contribution < -0.4 is 9.47 Å². The standard InChI is InChI=1S/C34H35NO5/c1-4-31(34(36)37-2)33(27-13-9-6-10-14-27)28-17-21-30(22-18-28)39-23-25-15-19-29(20-16-25)40-24-32(35-38-3)26-11-7-5-8-12-26/h5-22,31,33H,4,23-24H2,1-3H3. The molecule has 40 heavy (non-hydrogen) atoms. The molecule has 2 unspecified atom stereocenters. The minimum absolute atomic E-state index is 0.100. The highest BCUT2D eigenvalue weighted by Crippen LogP contribution is 2.35. The number of nitrogens with zero attached hydrogens (tertiary/aromatic N) is 1. The number of benzene rings is 4. The van der Waals surface area contributed by atoms with Crippen LogP contribution in [0.4, 0.5) is 0 Å². The fourth-order valence-electron chi connectivity index (χ4n) is 4.68. The SMILES string of the molecule is CCC(C(=O)OC)C(c1ccccc1)c1ccc(OCc2ccc(OCC(=NOC)c3ccccc3)cc2)cc1. The monoisotopic (exact) mass is 537 g/mol. The van der Waals surface area contributed by atoms with Crippen LogP contribution in [0.1, 0.15) is 41.5 Å². The Hall–Kier alpha value is -4.58. The van der Waals surface area contributed by atoms with E-state index in [1.165, 1.54) is 14.2 Å². The third-order valence-electron chi connectivity index (χ3n) is 6.76. The zero-order chi connectivity index (χ0) is 28.2. The van der Waals surface area contributed by atoms with E-state index in [2.05, 4.69) is 17.3 Å². The Morgan fingerprint density at radius 1 is 0.725 bits per heavy atom. The van der Waals surface area contributed by atoms with E-state index in [1.807, 2.05) is 104 Å². The van der Waals surface area contributed by atoms with E-state index in [9.17, 15) is 4.79 Å². The molecule has 0 N–H and O–H groups in total. The van der Waals surface area contributed by atoms with Crippen LogP contribution in [0.15, 0.2) is 114 Å². The molecule has 206 valence electrons. The molecule has 2 atom stereocenters. The van der Waals surface area contributed by atoms with Gasteiger partial charge in [0.05, 0.1) is 13.0 Å². The van der Waals surface area contributed by atoms with Crippen LogP contribution in [0.3, 0.4) is 0 Å². The van der Waals surface area contributed by atoms with Gasteiger partial charge in [-0.3, -0.25) is 4.79 Å². The second-order valence-electron chi connectivity index (χ2n) is 9.30. The molecular weight excluding hydrogens is 502 g/mol. The molecule has 0 aliphatic carbocycles. The molecule has 0 fully saturated rings. The molecule has 0 aliphatic heterocycles. The summed E-state index contributed by atoms with van der Waals surface area (Å²) in [6.07, 6.45) is 0.678. The molecule has 0 bridgehead atoms. The van der Waals surface area contributed by atoms with Crippen LogP contribution in [0.5, 0.6) is 11.5 Å². The molecule has 0 spiro atoms. The molecule has 0 aliphatic rings. The molecule has 4 aromatic rings. The number of methoxy groups -OCH3 is 1. The van der Waals surface area contributed by atoms with Gasteiger partial charge in [-0.25, -0.2) is 0 Å². The molecule has 0 saturated heterocycles. The third kappa shape index (κ3) is 7.50. The summed E-state index contributed by atoms with van der Waals surface area (Å²) in [5.74, 6) is 0.911. The minimum atomic E-state index is -0.274. The maximum atomic E-state index is 12.6. The van der Waals surface area contributed by atoms with Crippen LogP contribution in [-0.4, -0.2) is 32.5 Å². The Kier molecular flexibility index (Phi) is 10.3. The zero-order valence-electron chi connectivity index (χ0n) is 23.2. The van der Waals surface area contributed by atoms with E-state index in [-0.39, 0.29) is 17.8 Å². The number of hydrogen-bond donors (Lipinski definition) is 0. The Balaban J connectivity index is 1.37. The second kappa shape index (κ2) is 14.5. The van der Waals surface area contributed by atoms with E-state index < -0.39 is 0 Å². The summed E-state index contributed by atoms with van der Waals surface area (Å²) in [5.41, 5.74) is 4.81. The summed E-state index contributed by atoms with van der Waals surface area (Å²) in [6.45, 7) is 2.72. The highest BCUT2D eigenvalue weighted by molar-refractivity contribution is 6.01. The van der Waals surface area contributed by atoms with Crippen molar-refractivity contribution in [2.24, 2.45) is 11.1 Å². The number of oxime groups is 1. The highest BCUT2D eigenvalue weighted by atomic mass is 16.6. The van der Waals surface area contributed by atoms with Gasteiger partial charge >= 0.3 is 5.97 Å². The minimum Gasteiger partial charge on any atom is -0.489 e. The first-order valence-corrected chi connectivity index (χ1v) is 13.4. The van der Waals surface area contributed by atoms with Gasteiger partial charge in [0.1, 0.15) is 37.5 Å². The molecule has 0 saturated carbocycles. The lowest BCUT2D eigenvalue weighted by atomic mass is 9.79. The van der Waals surface area contributed by atoms with Crippen LogP contribution >= 0.6 is 0 Å². The van der Waals surface area contributed by atoms with Gasteiger partial charge in [0, 0.05) is 11.5 Å². The van der Waals surface area contributed by atoms with Crippen molar-refractivity contribution in [1.29, 1.82) is 0 Å². The number of carbonyl (C=O) groups excluding carboxylic acids is 1. The average Bonchev–Trinajstić information content (AvgIpc) is 3.02. The zero-order valence-corrected chi connectivity index (χ0v) is 23.2. The van der Waals surface area contributed by atoms with Crippen LogP contribution in [0.25, 0.3) is 0 Å². The van der Waals surface area contributed by atoms with E-state index >= 15 is 0 Å². The number of ether oxygens (including phenoxy) is 3. The smallest absolute Gasteiger partial charge is 0.309 e. The van der Waals surface area contributed by atoms with Crippen molar-refractivity contribution in [2.45, 2.75) is 25.9 Å². The molecular formula is C34H35NO5. The molecule has 0 heterocycles. The molecule has 4 aromatic carbocycles. The topological polar surface area (TPSA) is 66.4 Å². The van der Waals surface area contributed by atoms with Crippen molar-refractivity contribution in [1.82, 2.24) is 0 Å². The number of carbonyl (C=O) groups is 1. The first-order chi connectivity index (χ1) is 19.6. The lowest BCUT2D eigenvalue weighted by Crippen LogP contribution is -2.24. The van der Waals surface area contributed by atoms with Gasteiger partial charge in [-0.15, -0.1) is 0 Å². The van der Waals surface area contributed by atoms with Gasteiger partial charge < -0.3 is 19.0 Å². The van der Waals surface area contributed by atoms with Crippen molar-refractivity contribution in [3.8, 4) is 11.5 Å². The quantitative estimate of drug-likeness (QED) is 0.104. The van der Waals surface area contributed by atoms with Gasteiger partial charge in [-0.05, 0) is 47.4 Å². The maximum Gasteiger partial charge on any atom is 0.309 e. The fourth-order valence-corrected chi connectivity index (χ4v) is 4.68. The van der Waals surface area contributed by atoms with E-state index in [4.69, 9.17) is 19.0 Å². The van der Waals surface area contributed by atoms with E-state index in [1.54, 1.807) is 0 Å². The fraction of sp³-hybridized carbons (Fsp3) is 0.235. The molecule has 6 nitrogen and oxygen atoms in total. The highest BCUT2D eigenvalue weighted by Gasteiger charge is 2.30. The summed E-state index contributed by atoms with van der Waals surface area (Å²) >= 11 is 0. The average molecular weight is 538 g/mol. The lowest BCUT2D eigenvalue weighted by molar-refractivity contribution is -0.146. The molecule has 0 aromatic heterocycles. The predicted octanol–water partition coefficient (Wildman–Crippen LogP) is 7.03. The normalized spacial score (nSPS) is 12.7. The summed E-state index contributed by atoms with van der Waals surface area (Å²) in [4.78, 5) is 17.6. The second-order valence-corrected chi connectivity index (χ2v) is 9.30. The van der Waals surface area contributed by atoms with Crippen LogP contribution in [0.2, 0.25) is 0 Å². The summed E-state index contributed by atoms with van der Waals surface area (Å²) in [7, 11) is 2.97. The first-order valence-electron chi connectivity index (χ1n) is 13.4. The molecule has 6 heteroatoms. The number of hydrogen-bond acceptors (Lipinski definition) is 6. The Bertz CT molecular complexity index is 1350. The van der Waals surface area contributed by atoms with Gasteiger partial charge in [0.15, 0.2) is 0 Å². The van der Waals surface area contributed by atoms with Crippen molar-refractivity contribution >= 4 is 11.7 Å². The molecule has 0 radical (unpaired) electrons. The Morgan fingerprint density at radius 3 is 1.90 bits per heavy atom. The van der Waals surface area contributed by atoms with Crippen molar-refractivity contribution in [3.05, 3.63) is 131 Å². The Labute approximate surface area is 236 Å². The van der Waals surface area contributed by atoms with E-state index in [0.717, 1.165) is 33.8 Å². The molecule has 0 amide bonds. The third-order valence-corrected chi connectivity index (χ3v) is 6.76. The van der Waals surface area contributed by atoms with Crippen LogP contribution in [0, 0.1) is 5.92 Å². The molecule has 4 rings (SSSR count). The Morgan fingerprint density at radius 2 is 1.30 bits per heavy atom. The summed E-state index contributed by atoms with van der Waals surface area (Å²) in [6, 6.07) is 35.6. The van der Waals surface area contributed by atoms with Crippen molar-refractivity contribution < 1.29 is 23.8 Å². The number of rotatable bonds is 13.